The van der Waals surface area contributed by atoms with Crippen molar-refractivity contribution in [2.75, 3.05) is 5.73 Å². The molecule has 5 rings (SSSR count). The Labute approximate surface area is 179 Å². The molecule has 5 atom stereocenters. The molecule has 156 valence electrons. The summed E-state index contributed by atoms with van der Waals surface area (Å²) < 4.78 is 0. The monoisotopic (exact) mass is 401 g/mol. The van der Waals surface area contributed by atoms with E-state index in [1.165, 1.54) is 16.7 Å². The maximum absolute atomic E-state index is 12.1. The van der Waals surface area contributed by atoms with Gasteiger partial charge in [0.1, 0.15) is 5.60 Å². The zero-order valence-electron chi connectivity index (χ0n) is 18.0. The Morgan fingerprint density at radius 3 is 2.63 bits per heavy atom. The molecule has 4 aliphatic carbocycles. The number of hydrogen-bond donors (Lipinski definition) is 2. The van der Waals surface area contributed by atoms with E-state index in [-0.39, 0.29) is 17.1 Å². The van der Waals surface area contributed by atoms with Gasteiger partial charge in [-0.15, -0.1) is 5.92 Å². The van der Waals surface area contributed by atoms with E-state index in [0.717, 1.165) is 44.2 Å². The van der Waals surface area contributed by atoms with Gasteiger partial charge in [-0.25, -0.2) is 0 Å². The summed E-state index contributed by atoms with van der Waals surface area (Å²) in [5, 5.41) is 11.6. The number of hydrogen-bond acceptors (Lipinski definition) is 3. The minimum Gasteiger partial charge on any atom is -0.399 e. The van der Waals surface area contributed by atoms with E-state index >= 15 is 0 Å². The Hall–Kier alpha value is -2.31. The lowest BCUT2D eigenvalue weighted by Gasteiger charge is -2.53. The van der Waals surface area contributed by atoms with Crippen molar-refractivity contribution in [1.82, 2.24) is 0 Å². The number of carbonyl (C=O) groups excluding carboxylic acids is 1. The molecule has 3 N–H and O–H groups in total. The first kappa shape index (κ1) is 19.6. The lowest BCUT2D eigenvalue weighted by atomic mass is 9.51. The molecular formula is C27H31NO2. The van der Waals surface area contributed by atoms with Crippen molar-refractivity contribution in [2.45, 2.75) is 70.3 Å². The normalized spacial score (nSPS) is 37.5. The molecule has 2 fully saturated rings. The third kappa shape index (κ3) is 2.73. The predicted molar refractivity (Wildman–Crippen MR) is 120 cm³/mol. The Kier molecular flexibility index (Phi) is 4.49. The van der Waals surface area contributed by atoms with Crippen LogP contribution in [0.4, 0.5) is 5.69 Å². The van der Waals surface area contributed by atoms with Gasteiger partial charge >= 0.3 is 0 Å². The highest BCUT2D eigenvalue weighted by Crippen LogP contribution is 2.66. The summed E-state index contributed by atoms with van der Waals surface area (Å²) >= 11 is 0. The van der Waals surface area contributed by atoms with Crippen molar-refractivity contribution < 1.29 is 9.90 Å². The maximum atomic E-state index is 12.1. The fraction of sp³-hybridized carbons (Fsp3) is 0.519. The molecule has 1 aromatic carbocycles. The number of benzene rings is 1. The third-order valence-corrected chi connectivity index (χ3v) is 8.56. The molecule has 0 heterocycles. The summed E-state index contributed by atoms with van der Waals surface area (Å²) in [5.41, 5.74) is 11.1. The van der Waals surface area contributed by atoms with Crippen molar-refractivity contribution in [1.29, 1.82) is 0 Å². The SMILES string of the molecule is CC#CC1(O)CC[C@H]2[C@@H]3CCC4=CC(=O)CCC4=C3[C@@H](c3ccc(N)cc3)C[C@@]21C. The van der Waals surface area contributed by atoms with Gasteiger partial charge in [-0.3, -0.25) is 4.79 Å². The maximum Gasteiger partial charge on any atom is 0.156 e. The fourth-order valence-electron chi connectivity index (χ4n) is 7.10. The van der Waals surface area contributed by atoms with E-state index in [4.69, 9.17) is 5.73 Å². The lowest BCUT2D eigenvalue weighted by molar-refractivity contribution is -0.114. The van der Waals surface area contributed by atoms with E-state index in [0.29, 0.717) is 18.3 Å². The van der Waals surface area contributed by atoms with Crippen molar-refractivity contribution in [3.63, 3.8) is 0 Å². The van der Waals surface area contributed by atoms with Crippen LogP contribution in [-0.2, 0) is 4.79 Å². The number of nitrogen functional groups attached to an aromatic ring is 1. The number of nitrogens with two attached hydrogens (primary N) is 1. The van der Waals surface area contributed by atoms with Crippen LogP contribution in [0.25, 0.3) is 0 Å². The fourth-order valence-corrected chi connectivity index (χ4v) is 7.10. The van der Waals surface area contributed by atoms with Crippen molar-refractivity contribution in [3.05, 3.63) is 52.6 Å². The van der Waals surface area contributed by atoms with Crippen LogP contribution in [0, 0.1) is 29.1 Å². The molecule has 0 bridgehead atoms. The number of rotatable bonds is 1. The third-order valence-electron chi connectivity index (χ3n) is 8.56. The summed E-state index contributed by atoms with van der Waals surface area (Å²) in [4.78, 5) is 12.1. The summed E-state index contributed by atoms with van der Waals surface area (Å²) in [7, 11) is 0. The van der Waals surface area contributed by atoms with Crippen LogP contribution in [0.5, 0.6) is 0 Å². The van der Waals surface area contributed by atoms with E-state index in [9.17, 15) is 9.90 Å². The average molecular weight is 402 g/mol. The van der Waals surface area contributed by atoms with Crippen LogP contribution in [0.1, 0.15) is 70.3 Å². The lowest BCUT2D eigenvalue weighted by Crippen LogP contribution is -2.51. The molecule has 3 heteroatoms. The second-order valence-corrected chi connectivity index (χ2v) is 9.94. The Morgan fingerprint density at radius 2 is 1.90 bits per heavy atom. The number of allylic oxidation sites excluding steroid dienone is 4. The van der Waals surface area contributed by atoms with Crippen molar-refractivity contribution >= 4 is 11.5 Å². The molecule has 0 aliphatic heterocycles. The van der Waals surface area contributed by atoms with Crippen LogP contribution in [0.2, 0.25) is 0 Å². The quantitative estimate of drug-likeness (QED) is 0.518. The van der Waals surface area contributed by atoms with E-state index in [2.05, 4.69) is 30.9 Å². The highest BCUT2D eigenvalue weighted by atomic mass is 16.3. The van der Waals surface area contributed by atoms with Crippen molar-refractivity contribution in [2.24, 2.45) is 17.3 Å². The van der Waals surface area contributed by atoms with Gasteiger partial charge < -0.3 is 10.8 Å². The molecule has 1 aromatic rings. The van der Waals surface area contributed by atoms with Gasteiger partial charge in [0.15, 0.2) is 5.78 Å². The molecule has 0 spiro atoms. The average Bonchev–Trinajstić information content (AvgIpc) is 2.98. The number of anilines is 1. The van der Waals surface area contributed by atoms with Crippen LogP contribution in [-0.4, -0.2) is 16.5 Å². The molecule has 0 radical (unpaired) electrons. The minimum absolute atomic E-state index is 0.234. The number of aliphatic hydroxyl groups is 1. The minimum atomic E-state index is -0.923. The first-order chi connectivity index (χ1) is 14.4. The molecule has 2 saturated carbocycles. The highest BCUT2D eigenvalue weighted by molar-refractivity contribution is 5.93. The predicted octanol–water partition coefficient (Wildman–Crippen LogP) is 4.92. The molecule has 4 aliphatic rings. The van der Waals surface area contributed by atoms with Gasteiger partial charge in [0, 0.05) is 23.4 Å². The van der Waals surface area contributed by atoms with Gasteiger partial charge in [-0.1, -0.05) is 30.6 Å². The zero-order valence-corrected chi connectivity index (χ0v) is 18.0. The van der Waals surface area contributed by atoms with Gasteiger partial charge in [0.25, 0.3) is 0 Å². The Morgan fingerprint density at radius 1 is 1.13 bits per heavy atom. The Balaban J connectivity index is 1.69. The van der Waals surface area contributed by atoms with Gasteiger partial charge in [-0.2, -0.15) is 0 Å². The van der Waals surface area contributed by atoms with E-state index in [1.54, 1.807) is 5.57 Å². The molecule has 0 saturated heterocycles. The van der Waals surface area contributed by atoms with Gasteiger partial charge in [0.05, 0.1) is 0 Å². The number of carbonyl (C=O) groups is 1. The van der Waals surface area contributed by atoms with Crippen LogP contribution in [0.15, 0.2) is 47.1 Å². The number of fused-ring (bicyclic) bond motifs is 4. The Bertz CT molecular complexity index is 1020. The summed E-state index contributed by atoms with van der Waals surface area (Å²) in [6.07, 6.45) is 8.11. The van der Waals surface area contributed by atoms with Crippen LogP contribution in [0.3, 0.4) is 0 Å². The van der Waals surface area contributed by atoms with Gasteiger partial charge in [-0.05, 0) is 92.2 Å². The van der Waals surface area contributed by atoms with Gasteiger partial charge in [0.2, 0.25) is 0 Å². The van der Waals surface area contributed by atoms with Crippen molar-refractivity contribution in [3.8, 4) is 11.8 Å². The highest BCUT2D eigenvalue weighted by Gasteiger charge is 2.62. The molecule has 0 amide bonds. The summed E-state index contributed by atoms with van der Waals surface area (Å²) in [6, 6.07) is 8.28. The molecule has 30 heavy (non-hydrogen) atoms. The first-order valence-corrected chi connectivity index (χ1v) is 11.3. The van der Waals surface area contributed by atoms with E-state index < -0.39 is 5.60 Å². The number of ketones is 1. The second kappa shape index (κ2) is 6.86. The molecule has 1 unspecified atom stereocenters. The first-order valence-electron chi connectivity index (χ1n) is 11.3. The molecule has 0 aromatic heterocycles. The van der Waals surface area contributed by atoms with Crippen LogP contribution < -0.4 is 5.73 Å². The largest absolute Gasteiger partial charge is 0.399 e. The van der Waals surface area contributed by atoms with Crippen LogP contribution >= 0.6 is 0 Å². The smallest absolute Gasteiger partial charge is 0.156 e. The zero-order chi connectivity index (χ0) is 21.1. The molecular weight excluding hydrogens is 370 g/mol. The topological polar surface area (TPSA) is 63.3 Å². The van der Waals surface area contributed by atoms with E-state index in [1.807, 2.05) is 25.1 Å². The standard InChI is InChI=1S/C27H31NO2/c1-3-13-27(30)14-12-24-22-10-6-18-15-20(29)9-11-21(18)25(22)23(16-26(24,27)2)17-4-7-19(28)8-5-17/h4-5,7-8,15,22-24,30H,6,9-12,14,16,28H2,1-2H3/t22-,23+,24-,26-,27?/m0/s1. The second-order valence-electron chi connectivity index (χ2n) is 9.94. The summed E-state index contributed by atoms with van der Waals surface area (Å²) in [6.45, 7) is 4.11. The summed E-state index contributed by atoms with van der Waals surface area (Å²) in [5.74, 6) is 7.64. The molecule has 3 nitrogen and oxygen atoms in total.